The van der Waals surface area contributed by atoms with Gasteiger partial charge in [0.25, 0.3) is 0 Å². The number of ether oxygens (including phenoxy) is 2. The molecule has 6 saturated carbocycles. The van der Waals surface area contributed by atoms with Crippen molar-refractivity contribution in [2.24, 2.45) is 61.6 Å². The van der Waals surface area contributed by atoms with E-state index in [1.165, 1.54) is 68.9 Å². The van der Waals surface area contributed by atoms with Crippen LogP contribution in [0.5, 0.6) is 0 Å². The number of aliphatic carboxylic acids is 1. The Morgan fingerprint density at radius 2 is 1.52 bits per heavy atom. The molecular formula is C53H84O7. The smallest absolute Gasteiger partial charge is 0.309 e. The summed E-state index contributed by atoms with van der Waals surface area (Å²) in [6.45, 7) is 12.4. The van der Waals surface area contributed by atoms with Crippen LogP contribution in [0.25, 0.3) is 0 Å². The number of carboxylic acids is 1. The van der Waals surface area contributed by atoms with E-state index in [1.54, 1.807) is 7.11 Å². The van der Waals surface area contributed by atoms with E-state index in [1.807, 2.05) is 6.92 Å². The second kappa shape index (κ2) is 16.5. The van der Waals surface area contributed by atoms with Crippen molar-refractivity contribution < 1.29 is 34.7 Å². The summed E-state index contributed by atoms with van der Waals surface area (Å²) in [7, 11) is 1.74. The Morgan fingerprint density at radius 3 is 2.20 bits per heavy atom. The zero-order valence-corrected chi connectivity index (χ0v) is 38.7. The van der Waals surface area contributed by atoms with E-state index >= 15 is 0 Å². The highest BCUT2D eigenvalue weighted by Gasteiger charge is 2.84. The molecule has 4 N–H and O–H groups in total. The summed E-state index contributed by atoms with van der Waals surface area (Å²) < 4.78 is 12.4. The number of hydrogen-bond donors (Lipinski definition) is 4. The second-order valence-corrected chi connectivity index (χ2v) is 23.4. The fourth-order valence-electron chi connectivity index (χ4n) is 17.9. The third-order valence-electron chi connectivity index (χ3n) is 21.1. The summed E-state index contributed by atoms with van der Waals surface area (Å²) in [4.78, 5) is 13.1. The highest BCUT2D eigenvalue weighted by molar-refractivity contribution is 5.74. The largest absolute Gasteiger partial charge is 0.481 e. The lowest BCUT2D eigenvalue weighted by Gasteiger charge is -2.78. The highest BCUT2D eigenvalue weighted by Crippen LogP contribution is 2.84. The molecule has 13 atom stereocenters. The van der Waals surface area contributed by atoms with E-state index < -0.39 is 39.5 Å². The van der Waals surface area contributed by atoms with Gasteiger partial charge in [-0.15, -0.1) is 0 Å². The molecule has 2 bridgehead atoms. The van der Waals surface area contributed by atoms with Crippen molar-refractivity contribution in [2.45, 2.75) is 207 Å². The van der Waals surface area contributed by atoms with Gasteiger partial charge in [0.1, 0.15) is 0 Å². The van der Waals surface area contributed by atoms with Gasteiger partial charge in [0.15, 0.2) is 5.79 Å². The number of benzene rings is 1. The predicted octanol–water partition coefficient (Wildman–Crippen LogP) is 11.1. The minimum absolute atomic E-state index is 0.00733. The maximum absolute atomic E-state index is 13.1. The molecule has 1 aromatic carbocycles. The van der Waals surface area contributed by atoms with Crippen LogP contribution in [0, 0.1) is 61.6 Å². The second-order valence-electron chi connectivity index (χ2n) is 23.4. The van der Waals surface area contributed by atoms with Gasteiger partial charge in [0.2, 0.25) is 0 Å². The molecule has 6 aliphatic carbocycles. The first-order valence-electron chi connectivity index (χ1n) is 25.1. The molecule has 1 heterocycles. The van der Waals surface area contributed by atoms with Crippen molar-refractivity contribution in [2.75, 3.05) is 20.3 Å². The van der Waals surface area contributed by atoms with E-state index in [0.29, 0.717) is 18.9 Å². The lowest BCUT2D eigenvalue weighted by Crippen LogP contribution is -2.77. The standard InChI is InChI=1S/C53H84O7/c1-7-14-41-51-25-22-40-48(4)29-28-46(2)26-27-47(3,45(56)57)34-42(46)50(48,24-13-9-12-17-37-15-10-8-11-16-37)31-30-49(40,5)52(51,36-54)43(55)35-53(41,58)60-44(51)33-39-20-18-38(19-21-39)23-32-59-6/h18-21,37,40-44,54-55,58H,7-17,22-36H2,1-6H3,(H,56,57)/t40-,41-,42?,43-,44+,46-,47+,48-,49+,50-,51+,52-,53-/m0/s1. The third-order valence-corrected chi connectivity index (χ3v) is 21.1. The zero-order chi connectivity index (χ0) is 42.8. The molecule has 7 aliphatic rings. The molecular weight excluding hydrogens is 749 g/mol. The number of rotatable bonds is 15. The van der Waals surface area contributed by atoms with Crippen LogP contribution in [0.4, 0.5) is 0 Å². The number of hydrogen-bond acceptors (Lipinski definition) is 6. The van der Waals surface area contributed by atoms with Gasteiger partial charge >= 0.3 is 5.97 Å². The van der Waals surface area contributed by atoms with Crippen LogP contribution in [0.2, 0.25) is 0 Å². The monoisotopic (exact) mass is 833 g/mol. The molecule has 60 heavy (non-hydrogen) atoms. The number of aliphatic hydroxyl groups excluding tert-OH is 2. The van der Waals surface area contributed by atoms with E-state index in [2.05, 4.69) is 52.0 Å². The van der Waals surface area contributed by atoms with E-state index in [0.717, 1.165) is 89.4 Å². The maximum atomic E-state index is 13.1. The SMILES string of the molecule is CCC[C@H]1[C@@]23CC[C@H]4[C@]5(C)CC[C@]6(C)CC[C@@](C)(C(=O)O)CC6[C@]5(CCCCCC5CCCCC5)CC[C@@]4(C)[C@]2(CO)[C@@H](O)C[C@]1(O)O[C@@H]3Cc1ccc(CCOC)cc1. The van der Waals surface area contributed by atoms with Crippen LogP contribution in [-0.4, -0.2) is 64.7 Å². The van der Waals surface area contributed by atoms with Crippen LogP contribution in [-0.2, 0) is 27.1 Å². The summed E-state index contributed by atoms with van der Waals surface area (Å²) in [6.07, 6.45) is 23.8. The van der Waals surface area contributed by atoms with Gasteiger partial charge < -0.3 is 29.9 Å². The molecule has 0 amide bonds. The number of carbonyl (C=O) groups is 1. The predicted molar refractivity (Wildman–Crippen MR) is 237 cm³/mol. The van der Waals surface area contributed by atoms with Crippen molar-refractivity contribution in [3.05, 3.63) is 35.4 Å². The van der Waals surface area contributed by atoms with Gasteiger partial charge in [0, 0.05) is 30.3 Å². The van der Waals surface area contributed by atoms with E-state index in [-0.39, 0.29) is 47.2 Å². The zero-order valence-electron chi connectivity index (χ0n) is 38.7. The molecule has 8 rings (SSSR count). The lowest BCUT2D eigenvalue weighted by atomic mass is 9.25. The molecule has 7 nitrogen and oxygen atoms in total. The highest BCUT2D eigenvalue weighted by atomic mass is 16.6. The van der Waals surface area contributed by atoms with Crippen molar-refractivity contribution in [1.82, 2.24) is 0 Å². The first-order valence-corrected chi connectivity index (χ1v) is 25.1. The molecule has 0 aromatic heterocycles. The Labute approximate surface area is 363 Å². The fraction of sp³-hybridized carbons (Fsp3) is 0.868. The summed E-state index contributed by atoms with van der Waals surface area (Å²) in [5, 5.41) is 48.7. The summed E-state index contributed by atoms with van der Waals surface area (Å²) in [6, 6.07) is 8.78. The minimum Gasteiger partial charge on any atom is -0.481 e. The summed E-state index contributed by atoms with van der Waals surface area (Å²) in [5.41, 5.74) is -0.142. The summed E-state index contributed by atoms with van der Waals surface area (Å²) in [5.74, 6) is -0.764. The van der Waals surface area contributed by atoms with Crippen LogP contribution < -0.4 is 0 Å². The Kier molecular flexibility index (Phi) is 12.4. The molecule has 1 aromatic rings. The van der Waals surface area contributed by atoms with Gasteiger partial charge in [-0.05, 0) is 141 Å². The van der Waals surface area contributed by atoms with Gasteiger partial charge in [-0.2, -0.15) is 0 Å². The number of methoxy groups -OCH3 is 1. The topological polar surface area (TPSA) is 116 Å². The van der Waals surface area contributed by atoms with Crippen molar-refractivity contribution >= 4 is 5.97 Å². The summed E-state index contributed by atoms with van der Waals surface area (Å²) >= 11 is 0. The molecule has 1 saturated heterocycles. The molecule has 1 spiro atoms. The Morgan fingerprint density at radius 1 is 0.817 bits per heavy atom. The molecule has 7 fully saturated rings. The van der Waals surface area contributed by atoms with E-state index in [9.17, 15) is 25.2 Å². The van der Waals surface area contributed by atoms with Crippen LogP contribution >= 0.6 is 0 Å². The van der Waals surface area contributed by atoms with Gasteiger partial charge in [-0.25, -0.2) is 0 Å². The first kappa shape index (κ1) is 45.1. The molecule has 1 unspecified atom stereocenters. The Bertz CT molecular complexity index is 1670. The average molecular weight is 833 g/mol. The maximum Gasteiger partial charge on any atom is 0.309 e. The molecule has 0 radical (unpaired) electrons. The van der Waals surface area contributed by atoms with Crippen LogP contribution in [0.1, 0.15) is 187 Å². The normalized spacial score (nSPS) is 46.2. The Hall–Kier alpha value is -1.51. The average Bonchev–Trinajstić information content (AvgIpc) is 3.39. The molecule has 338 valence electrons. The molecule has 7 heteroatoms. The van der Waals surface area contributed by atoms with Crippen molar-refractivity contribution in [3.63, 3.8) is 0 Å². The van der Waals surface area contributed by atoms with Gasteiger partial charge in [-0.3, -0.25) is 4.79 Å². The quantitative estimate of drug-likeness (QED) is 0.130. The minimum atomic E-state index is -1.43. The number of fused-ring (bicyclic) bond motifs is 7. The fourth-order valence-corrected chi connectivity index (χ4v) is 17.9. The van der Waals surface area contributed by atoms with Crippen LogP contribution in [0.15, 0.2) is 24.3 Å². The first-order chi connectivity index (χ1) is 28.6. The lowest BCUT2D eigenvalue weighted by molar-refractivity contribution is -0.339. The van der Waals surface area contributed by atoms with Gasteiger partial charge in [-0.1, -0.05) is 116 Å². The number of aliphatic hydroxyl groups is 3. The number of unbranched alkanes of at least 4 members (excludes halogenated alkanes) is 2. The molecule has 1 aliphatic heterocycles. The Balaban J connectivity index is 1.18. The number of carboxylic acid groups (broad SMARTS) is 1. The van der Waals surface area contributed by atoms with Crippen LogP contribution in [0.3, 0.4) is 0 Å². The van der Waals surface area contributed by atoms with Crippen molar-refractivity contribution in [3.8, 4) is 0 Å². The van der Waals surface area contributed by atoms with Crippen molar-refractivity contribution in [1.29, 1.82) is 0 Å². The van der Waals surface area contributed by atoms with E-state index in [4.69, 9.17) is 9.47 Å². The van der Waals surface area contributed by atoms with Gasteiger partial charge in [0.05, 0.1) is 30.8 Å². The third kappa shape index (κ3) is 6.59.